The van der Waals surface area contributed by atoms with Crippen molar-refractivity contribution in [2.24, 2.45) is 0 Å². The van der Waals surface area contributed by atoms with Crippen LogP contribution in [-0.4, -0.2) is 25.0 Å². The second kappa shape index (κ2) is 12.3. The molecule has 7 nitrogen and oxygen atoms in total. The Kier molecular flexibility index (Phi) is 8.88. The quantitative estimate of drug-likeness (QED) is 0.300. The zero-order chi connectivity index (χ0) is 25.2. The Morgan fingerprint density at radius 1 is 1.00 bits per heavy atom. The molecule has 3 aromatic carbocycles. The number of benzene rings is 3. The lowest BCUT2D eigenvalue weighted by atomic mass is 10.1. The molecule has 0 heterocycles. The first-order valence-corrected chi connectivity index (χ1v) is 11.2. The fraction of sp³-hybridized carbons (Fsp3) is 0.148. The Hall–Kier alpha value is -4.28. The van der Waals surface area contributed by atoms with E-state index in [4.69, 9.17) is 21.1 Å². The minimum atomic E-state index is -0.551. The van der Waals surface area contributed by atoms with Crippen LogP contribution < -0.4 is 20.1 Å². The molecule has 3 aromatic rings. The average Bonchev–Trinajstić information content (AvgIpc) is 2.82. The van der Waals surface area contributed by atoms with E-state index in [1.807, 2.05) is 43.3 Å². The van der Waals surface area contributed by atoms with Gasteiger partial charge in [-0.05, 0) is 67.4 Å². The smallest absolute Gasteiger partial charge is 0.266 e. The maximum absolute atomic E-state index is 12.6. The lowest BCUT2D eigenvalue weighted by Crippen LogP contribution is -2.20. The van der Waals surface area contributed by atoms with E-state index in [1.54, 1.807) is 37.3 Å². The van der Waals surface area contributed by atoms with Crippen molar-refractivity contribution in [2.45, 2.75) is 13.8 Å². The number of para-hydroxylation sites is 1. The molecule has 0 saturated heterocycles. The van der Waals surface area contributed by atoms with Crippen molar-refractivity contribution in [1.82, 2.24) is 0 Å². The molecular weight excluding hydrogens is 466 g/mol. The molecule has 0 spiro atoms. The van der Waals surface area contributed by atoms with Gasteiger partial charge in [-0.2, -0.15) is 5.26 Å². The molecule has 0 bridgehead atoms. The summed E-state index contributed by atoms with van der Waals surface area (Å²) < 4.78 is 11.3. The van der Waals surface area contributed by atoms with Gasteiger partial charge in [0.2, 0.25) is 0 Å². The number of anilines is 2. The van der Waals surface area contributed by atoms with Gasteiger partial charge in [-0.1, -0.05) is 41.9 Å². The van der Waals surface area contributed by atoms with Gasteiger partial charge in [0, 0.05) is 11.4 Å². The van der Waals surface area contributed by atoms with Crippen LogP contribution in [0.15, 0.2) is 72.3 Å². The third-order valence-corrected chi connectivity index (χ3v) is 4.97. The molecule has 8 heteroatoms. The summed E-state index contributed by atoms with van der Waals surface area (Å²) in [6.07, 6.45) is 1.41. The predicted molar refractivity (Wildman–Crippen MR) is 137 cm³/mol. The number of nitrogens with zero attached hydrogens (tertiary/aromatic N) is 1. The maximum atomic E-state index is 12.6. The minimum Gasteiger partial charge on any atom is -0.490 e. The molecule has 0 aromatic heterocycles. The van der Waals surface area contributed by atoms with E-state index in [-0.39, 0.29) is 34.6 Å². The molecule has 0 atom stereocenters. The molecule has 0 aliphatic rings. The van der Waals surface area contributed by atoms with Crippen LogP contribution in [0, 0.1) is 18.3 Å². The van der Waals surface area contributed by atoms with Crippen LogP contribution in [0.25, 0.3) is 6.08 Å². The summed E-state index contributed by atoms with van der Waals surface area (Å²) in [6, 6.07) is 21.3. The first kappa shape index (κ1) is 25.3. The largest absolute Gasteiger partial charge is 0.490 e. The number of nitrogens with one attached hydrogen (secondary N) is 2. The number of carbonyl (C=O) groups is 2. The topological polar surface area (TPSA) is 100 Å². The van der Waals surface area contributed by atoms with Crippen molar-refractivity contribution >= 4 is 40.9 Å². The first-order chi connectivity index (χ1) is 16.9. The lowest BCUT2D eigenvalue weighted by molar-refractivity contribution is -0.118. The Labute approximate surface area is 208 Å². The van der Waals surface area contributed by atoms with Crippen LogP contribution in [0.1, 0.15) is 18.1 Å². The molecule has 0 fully saturated rings. The fourth-order valence-corrected chi connectivity index (χ4v) is 3.44. The number of carbonyl (C=O) groups excluding carboxylic acids is 2. The number of hydrogen-bond donors (Lipinski definition) is 2. The van der Waals surface area contributed by atoms with Crippen molar-refractivity contribution in [3.05, 3.63) is 88.5 Å². The van der Waals surface area contributed by atoms with Crippen molar-refractivity contribution < 1.29 is 19.1 Å². The van der Waals surface area contributed by atoms with Gasteiger partial charge in [0.15, 0.2) is 18.1 Å². The molecule has 178 valence electrons. The second-order valence-electron chi connectivity index (χ2n) is 7.46. The van der Waals surface area contributed by atoms with Crippen LogP contribution in [0.3, 0.4) is 0 Å². The summed E-state index contributed by atoms with van der Waals surface area (Å²) in [4.78, 5) is 24.9. The summed E-state index contributed by atoms with van der Waals surface area (Å²) in [6.45, 7) is 3.72. The zero-order valence-corrected chi connectivity index (χ0v) is 20.1. The van der Waals surface area contributed by atoms with Gasteiger partial charge in [-0.25, -0.2) is 0 Å². The minimum absolute atomic E-state index is 0.110. The molecule has 35 heavy (non-hydrogen) atoms. The van der Waals surface area contributed by atoms with Crippen molar-refractivity contribution in [3.63, 3.8) is 0 Å². The van der Waals surface area contributed by atoms with E-state index < -0.39 is 5.91 Å². The summed E-state index contributed by atoms with van der Waals surface area (Å²) in [5.74, 6) is -0.435. The number of halogens is 1. The normalized spacial score (nSPS) is 10.7. The number of rotatable bonds is 9. The van der Waals surface area contributed by atoms with Gasteiger partial charge >= 0.3 is 0 Å². The molecule has 0 radical (unpaired) electrons. The first-order valence-electron chi connectivity index (χ1n) is 10.8. The zero-order valence-electron chi connectivity index (χ0n) is 19.3. The highest BCUT2D eigenvalue weighted by Crippen LogP contribution is 2.37. The second-order valence-corrected chi connectivity index (χ2v) is 7.87. The number of hydrogen-bond acceptors (Lipinski definition) is 5. The highest BCUT2D eigenvalue weighted by atomic mass is 35.5. The standard InChI is InChI=1S/C27H24ClN3O4/c1-3-34-24-15-19(13-20(16-29)27(33)31-22-11-7-8-18(2)12-22)14-23(28)26(24)35-17-25(32)30-21-9-5-4-6-10-21/h4-15H,3,17H2,1-2H3,(H,30,32)(H,31,33)/b20-13+. The van der Waals surface area contributed by atoms with E-state index in [9.17, 15) is 14.9 Å². The molecule has 0 aliphatic heterocycles. The fourth-order valence-electron chi connectivity index (χ4n) is 3.17. The molecule has 0 unspecified atom stereocenters. The number of ether oxygens (including phenoxy) is 2. The number of aryl methyl sites for hydroxylation is 1. The van der Waals surface area contributed by atoms with Crippen LogP contribution in [0.2, 0.25) is 5.02 Å². The van der Waals surface area contributed by atoms with Crippen LogP contribution in [-0.2, 0) is 9.59 Å². The summed E-state index contributed by atoms with van der Waals surface area (Å²) >= 11 is 6.42. The molecule has 0 saturated carbocycles. The van der Waals surface area contributed by atoms with E-state index >= 15 is 0 Å². The SMILES string of the molecule is CCOc1cc(/C=C(\C#N)C(=O)Nc2cccc(C)c2)cc(Cl)c1OCC(=O)Nc1ccccc1. The van der Waals surface area contributed by atoms with E-state index in [1.165, 1.54) is 12.1 Å². The summed E-state index contributed by atoms with van der Waals surface area (Å²) in [7, 11) is 0. The Bertz CT molecular complexity index is 1280. The van der Waals surface area contributed by atoms with Crippen LogP contribution in [0.5, 0.6) is 11.5 Å². The number of nitriles is 1. The van der Waals surface area contributed by atoms with Gasteiger partial charge < -0.3 is 20.1 Å². The van der Waals surface area contributed by atoms with Gasteiger partial charge in [0.05, 0.1) is 11.6 Å². The summed E-state index contributed by atoms with van der Waals surface area (Å²) in [5.41, 5.74) is 2.57. The van der Waals surface area contributed by atoms with Crippen molar-refractivity contribution in [3.8, 4) is 17.6 Å². The van der Waals surface area contributed by atoms with E-state index in [2.05, 4.69) is 10.6 Å². The predicted octanol–water partition coefficient (Wildman–Crippen LogP) is 5.61. The summed E-state index contributed by atoms with van der Waals surface area (Å²) in [5, 5.41) is 15.1. The van der Waals surface area contributed by atoms with Crippen molar-refractivity contribution in [2.75, 3.05) is 23.8 Å². The van der Waals surface area contributed by atoms with Crippen LogP contribution >= 0.6 is 11.6 Å². The van der Waals surface area contributed by atoms with Gasteiger partial charge in [0.25, 0.3) is 11.8 Å². The monoisotopic (exact) mass is 489 g/mol. The Balaban J connectivity index is 1.77. The van der Waals surface area contributed by atoms with E-state index in [0.717, 1.165) is 5.56 Å². The average molecular weight is 490 g/mol. The van der Waals surface area contributed by atoms with E-state index in [0.29, 0.717) is 23.5 Å². The van der Waals surface area contributed by atoms with Crippen LogP contribution in [0.4, 0.5) is 11.4 Å². The van der Waals surface area contributed by atoms with Crippen molar-refractivity contribution in [1.29, 1.82) is 5.26 Å². The Morgan fingerprint density at radius 3 is 2.43 bits per heavy atom. The van der Waals surface area contributed by atoms with Gasteiger partial charge in [-0.3, -0.25) is 9.59 Å². The maximum Gasteiger partial charge on any atom is 0.266 e. The highest BCUT2D eigenvalue weighted by Gasteiger charge is 2.16. The lowest BCUT2D eigenvalue weighted by Gasteiger charge is -2.14. The van der Waals surface area contributed by atoms with Gasteiger partial charge in [-0.15, -0.1) is 0 Å². The third-order valence-electron chi connectivity index (χ3n) is 4.69. The molecule has 0 aliphatic carbocycles. The highest BCUT2D eigenvalue weighted by molar-refractivity contribution is 6.32. The number of amides is 2. The third kappa shape index (κ3) is 7.36. The van der Waals surface area contributed by atoms with Gasteiger partial charge in [0.1, 0.15) is 11.6 Å². The molecular formula is C27H24ClN3O4. The Morgan fingerprint density at radius 2 is 1.74 bits per heavy atom. The molecule has 3 rings (SSSR count). The molecule has 2 N–H and O–H groups in total. The molecule has 2 amide bonds.